The fourth-order valence-corrected chi connectivity index (χ4v) is 1.19. The Morgan fingerprint density at radius 1 is 1.24 bits per heavy atom. The summed E-state index contributed by atoms with van der Waals surface area (Å²) in [5, 5.41) is 11.2. The minimum atomic E-state index is -1.07. The average Bonchev–Trinajstić information content (AvgIpc) is 2.25. The van der Waals surface area contributed by atoms with Crippen molar-refractivity contribution in [2.45, 2.75) is 19.4 Å². The number of carboxylic acid groups (broad SMARTS) is 1. The van der Waals surface area contributed by atoms with E-state index in [-0.39, 0.29) is 12.5 Å². The Kier molecular flexibility index (Phi) is 6.01. The molecule has 0 aliphatic rings. The number of rotatable bonds is 5. The van der Waals surface area contributed by atoms with Crippen LogP contribution in [0.4, 0.5) is 4.79 Å². The molecule has 0 bridgehead atoms. The number of nitrogens with one attached hydrogen (secondary N) is 1. The predicted molar refractivity (Wildman–Crippen MR) is 61.6 cm³/mol. The van der Waals surface area contributed by atoms with Crippen LogP contribution in [0.3, 0.4) is 0 Å². The summed E-state index contributed by atoms with van der Waals surface area (Å²) in [6.45, 7) is 1.53. The SMILES string of the molecule is CCC(C(=O)O)N(C)C(=O)NCC(=O)N(C)C. The molecule has 0 spiro atoms. The molecule has 7 heteroatoms. The third kappa shape index (κ3) is 4.71. The van der Waals surface area contributed by atoms with Crippen LogP contribution in [0.1, 0.15) is 13.3 Å². The molecule has 0 aromatic heterocycles. The average molecular weight is 245 g/mol. The Hall–Kier alpha value is -1.79. The van der Waals surface area contributed by atoms with Gasteiger partial charge in [0.05, 0.1) is 6.54 Å². The van der Waals surface area contributed by atoms with Crippen molar-refractivity contribution in [3.63, 3.8) is 0 Å². The molecular formula is C10H19N3O4. The highest BCUT2D eigenvalue weighted by Gasteiger charge is 2.24. The van der Waals surface area contributed by atoms with Crippen LogP contribution in [0, 0.1) is 0 Å². The van der Waals surface area contributed by atoms with Crippen LogP contribution in [0.15, 0.2) is 0 Å². The fraction of sp³-hybridized carbons (Fsp3) is 0.700. The fourth-order valence-electron chi connectivity index (χ4n) is 1.19. The van der Waals surface area contributed by atoms with Crippen molar-refractivity contribution in [2.24, 2.45) is 0 Å². The van der Waals surface area contributed by atoms with Crippen molar-refractivity contribution in [1.82, 2.24) is 15.1 Å². The van der Waals surface area contributed by atoms with Crippen LogP contribution >= 0.6 is 0 Å². The van der Waals surface area contributed by atoms with Gasteiger partial charge < -0.3 is 20.2 Å². The van der Waals surface area contributed by atoms with Gasteiger partial charge in [0.2, 0.25) is 5.91 Å². The smallest absolute Gasteiger partial charge is 0.326 e. The largest absolute Gasteiger partial charge is 0.480 e. The molecule has 0 aromatic carbocycles. The topological polar surface area (TPSA) is 90.0 Å². The van der Waals surface area contributed by atoms with E-state index in [2.05, 4.69) is 5.32 Å². The number of carboxylic acids is 1. The summed E-state index contributed by atoms with van der Waals surface area (Å²) < 4.78 is 0. The Balaban J connectivity index is 4.31. The van der Waals surface area contributed by atoms with Crippen LogP contribution in [0.5, 0.6) is 0 Å². The Morgan fingerprint density at radius 2 is 1.76 bits per heavy atom. The number of carbonyl (C=O) groups excluding carboxylic acids is 2. The monoisotopic (exact) mass is 245 g/mol. The lowest BCUT2D eigenvalue weighted by molar-refractivity contribution is -0.141. The minimum Gasteiger partial charge on any atom is -0.480 e. The van der Waals surface area contributed by atoms with Gasteiger partial charge in [-0.2, -0.15) is 0 Å². The lowest BCUT2D eigenvalue weighted by Gasteiger charge is -2.24. The number of hydrogen-bond acceptors (Lipinski definition) is 3. The predicted octanol–water partition coefficient (Wildman–Crippen LogP) is -0.421. The van der Waals surface area contributed by atoms with Gasteiger partial charge in [0.1, 0.15) is 6.04 Å². The second-order valence-electron chi connectivity index (χ2n) is 3.82. The first-order valence-corrected chi connectivity index (χ1v) is 5.24. The van der Waals surface area contributed by atoms with Gasteiger partial charge in [0.25, 0.3) is 0 Å². The minimum absolute atomic E-state index is 0.147. The normalized spacial score (nSPS) is 11.5. The highest BCUT2D eigenvalue weighted by molar-refractivity contribution is 5.86. The van der Waals surface area contributed by atoms with E-state index in [9.17, 15) is 14.4 Å². The number of nitrogens with zero attached hydrogens (tertiary/aromatic N) is 2. The molecule has 17 heavy (non-hydrogen) atoms. The molecule has 3 amide bonds. The van der Waals surface area contributed by atoms with Gasteiger partial charge in [-0.1, -0.05) is 6.92 Å². The number of carbonyl (C=O) groups is 3. The second kappa shape index (κ2) is 6.72. The molecule has 0 rings (SSSR count). The molecule has 1 atom stereocenters. The molecule has 1 unspecified atom stereocenters. The van der Waals surface area contributed by atoms with Crippen LogP contribution in [-0.2, 0) is 9.59 Å². The Labute approximate surface area is 100 Å². The molecule has 0 saturated heterocycles. The van der Waals surface area contributed by atoms with Gasteiger partial charge in [-0.3, -0.25) is 4.79 Å². The summed E-state index contributed by atoms with van der Waals surface area (Å²) in [5.41, 5.74) is 0. The quantitative estimate of drug-likeness (QED) is 0.688. The molecule has 0 saturated carbocycles. The maximum absolute atomic E-state index is 11.6. The summed E-state index contributed by atoms with van der Waals surface area (Å²) in [6.07, 6.45) is 0.306. The summed E-state index contributed by atoms with van der Waals surface area (Å²) in [5.74, 6) is -1.32. The second-order valence-corrected chi connectivity index (χ2v) is 3.82. The number of amides is 3. The van der Waals surface area contributed by atoms with Gasteiger partial charge in [-0.15, -0.1) is 0 Å². The first-order chi connectivity index (χ1) is 7.81. The molecule has 7 nitrogen and oxygen atoms in total. The van der Waals surface area contributed by atoms with Gasteiger partial charge in [-0.25, -0.2) is 9.59 Å². The van der Waals surface area contributed by atoms with Crippen molar-refractivity contribution in [2.75, 3.05) is 27.7 Å². The van der Waals surface area contributed by atoms with Crippen LogP contribution < -0.4 is 5.32 Å². The van der Waals surface area contributed by atoms with Crippen molar-refractivity contribution < 1.29 is 19.5 Å². The lowest BCUT2D eigenvalue weighted by atomic mass is 10.2. The molecular weight excluding hydrogens is 226 g/mol. The van der Waals surface area contributed by atoms with Gasteiger partial charge in [-0.05, 0) is 6.42 Å². The molecule has 0 aromatic rings. The van der Waals surface area contributed by atoms with Crippen LogP contribution in [0.25, 0.3) is 0 Å². The standard InChI is InChI=1S/C10H19N3O4/c1-5-7(9(15)16)13(4)10(17)11-6-8(14)12(2)3/h7H,5-6H2,1-4H3,(H,11,17)(H,15,16). The van der Waals surface area contributed by atoms with E-state index in [1.54, 1.807) is 21.0 Å². The summed E-state index contributed by atoms with van der Waals surface area (Å²) >= 11 is 0. The molecule has 0 aliphatic heterocycles. The maximum atomic E-state index is 11.6. The van der Waals surface area contributed by atoms with E-state index in [1.165, 1.54) is 11.9 Å². The molecule has 0 aliphatic carbocycles. The lowest BCUT2D eigenvalue weighted by Crippen LogP contribution is -2.49. The van der Waals surface area contributed by atoms with Crippen molar-refractivity contribution in [3.05, 3.63) is 0 Å². The zero-order chi connectivity index (χ0) is 13.6. The molecule has 2 N–H and O–H groups in total. The third-order valence-corrected chi connectivity index (χ3v) is 2.35. The van der Waals surface area contributed by atoms with E-state index < -0.39 is 18.0 Å². The summed E-state index contributed by atoms with van der Waals surface area (Å²) in [4.78, 5) is 36.0. The molecule has 98 valence electrons. The Bertz CT molecular complexity index is 304. The third-order valence-electron chi connectivity index (χ3n) is 2.35. The van der Waals surface area contributed by atoms with Crippen molar-refractivity contribution in [1.29, 1.82) is 0 Å². The number of hydrogen-bond donors (Lipinski definition) is 2. The molecule has 0 fully saturated rings. The highest BCUT2D eigenvalue weighted by atomic mass is 16.4. The van der Waals surface area contributed by atoms with E-state index in [4.69, 9.17) is 5.11 Å². The number of aliphatic carboxylic acids is 1. The van der Waals surface area contributed by atoms with E-state index in [0.717, 1.165) is 4.90 Å². The van der Waals surface area contributed by atoms with E-state index >= 15 is 0 Å². The zero-order valence-electron chi connectivity index (χ0n) is 10.6. The maximum Gasteiger partial charge on any atom is 0.326 e. The number of urea groups is 1. The summed E-state index contributed by atoms with van der Waals surface area (Å²) in [6, 6.07) is -1.46. The van der Waals surface area contributed by atoms with Gasteiger partial charge in [0.15, 0.2) is 0 Å². The first kappa shape index (κ1) is 15.2. The van der Waals surface area contributed by atoms with Crippen LogP contribution in [0.2, 0.25) is 0 Å². The van der Waals surface area contributed by atoms with E-state index in [0.29, 0.717) is 6.42 Å². The highest BCUT2D eigenvalue weighted by Crippen LogP contribution is 2.01. The van der Waals surface area contributed by atoms with Crippen LogP contribution in [-0.4, -0.2) is 66.5 Å². The Morgan fingerprint density at radius 3 is 2.12 bits per heavy atom. The van der Waals surface area contributed by atoms with Gasteiger partial charge in [0, 0.05) is 21.1 Å². The molecule has 0 heterocycles. The van der Waals surface area contributed by atoms with E-state index in [1.807, 2.05) is 0 Å². The molecule has 0 radical (unpaired) electrons. The first-order valence-electron chi connectivity index (χ1n) is 5.24. The van der Waals surface area contributed by atoms with Gasteiger partial charge >= 0.3 is 12.0 Å². The number of likely N-dealkylation sites (N-methyl/N-ethyl adjacent to an activating group) is 2. The van der Waals surface area contributed by atoms with Crippen molar-refractivity contribution in [3.8, 4) is 0 Å². The zero-order valence-corrected chi connectivity index (χ0v) is 10.6. The van der Waals surface area contributed by atoms with Crippen molar-refractivity contribution >= 4 is 17.9 Å². The summed E-state index contributed by atoms with van der Waals surface area (Å²) in [7, 11) is 4.53.